The lowest BCUT2D eigenvalue weighted by Gasteiger charge is -2.38. The van der Waals surface area contributed by atoms with E-state index in [0.29, 0.717) is 18.6 Å². The molecule has 4 atom stereocenters. The first-order valence-electron chi connectivity index (χ1n) is 9.04. The Bertz CT molecular complexity index is 789. The van der Waals surface area contributed by atoms with Crippen molar-refractivity contribution in [1.82, 2.24) is 0 Å². The molecule has 0 radical (unpaired) electrons. The fourth-order valence-electron chi connectivity index (χ4n) is 4.01. The van der Waals surface area contributed by atoms with Crippen molar-refractivity contribution in [2.24, 2.45) is 11.8 Å². The molecule has 0 aromatic heterocycles. The highest BCUT2D eigenvalue weighted by atomic mass is 19.1. The number of benzene rings is 1. The van der Waals surface area contributed by atoms with Gasteiger partial charge in [-0.05, 0) is 43.7 Å². The van der Waals surface area contributed by atoms with E-state index in [-0.39, 0.29) is 35.4 Å². The van der Waals surface area contributed by atoms with Crippen molar-refractivity contribution in [3.8, 4) is 5.75 Å². The van der Waals surface area contributed by atoms with Gasteiger partial charge in [-0.1, -0.05) is 13.0 Å². The van der Waals surface area contributed by atoms with Crippen LogP contribution in [0, 0.1) is 23.5 Å². The zero-order valence-electron chi connectivity index (χ0n) is 15.8. The number of hydrogen-bond acceptors (Lipinski definition) is 4. The minimum atomic E-state index is -0.843. The number of rotatable bonds is 6. The van der Waals surface area contributed by atoms with Crippen molar-refractivity contribution < 1.29 is 27.8 Å². The van der Waals surface area contributed by atoms with Gasteiger partial charge in [0.1, 0.15) is 17.2 Å². The molecule has 1 aromatic carbocycles. The van der Waals surface area contributed by atoms with Crippen molar-refractivity contribution in [3.63, 3.8) is 0 Å². The molecule has 4 nitrogen and oxygen atoms in total. The lowest BCUT2D eigenvalue weighted by atomic mass is 9.71. The summed E-state index contributed by atoms with van der Waals surface area (Å²) in [6.45, 7) is 7.37. The normalized spacial score (nSPS) is 28.2. The summed E-state index contributed by atoms with van der Waals surface area (Å²) in [5.74, 6) is -1.34. The number of fused-ring (bicyclic) bond motifs is 1. The second-order valence-corrected chi connectivity index (χ2v) is 7.21. The molecule has 0 bridgehead atoms. The Morgan fingerprint density at radius 2 is 2.15 bits per heavy atom. The molecule has 0 spiro atoms. The van der Waals surface area contributed by atoms with Crippen molar-refractivity contribution in [3.05, 3.63) is 53.8 Å². The van der Waals surface area contributed by atoms with Gasteiger partial charge in [0.2, 0.25) is 0 Å². The van der Waals surface area contributed by atoms with Gasteiger partial charge in [0.15, 0.2) is 23.6 Å². The Morgan fingerprint density at radius 3 is 2.81 bits per heavy atom. The van der Waals surface area contributed by atoms with Crippen molar-refractivity contribution in [2.45, 2.75) is 45.0 Å². The number of methoxy groups -OCH3 is 1. The molecule has 2 aliphatic rings. The molecule has 1 aliphatic carbocycles. The second-order valence-electron chi connectivity index (χ2n) is 7.21. The van der Waals surface area contributed by atoms with Crippen LogP contribution in [0.15, 0.2) is 36.6 Å². The fraction of sp³-hybridized carbons (Fsp3) is 0.476. The molecule has 1 fully saturated rings. The molecule has 0 amide bonds. The number of hydrogen-bond donors (Lipinski definition) is 0. The summed E-state index contributed by atoms with van der Waals surface area (Å²) < 4.78 is 45.1. The number of carbonyl (C=O) groups is 1. The van der Waals surface area contributed by atoms with Crippen LogP contribution in [-0.2, 0) is 20.7 Å². The average Bonchev–Trinajstić information content (AvgIpc) is 2.94. The molecule has 146 valence electrons. The van der Waals surface area contributed by atoms with Gasteiger partial charge in [0.25, 0.3) is 0 Å². The Morgan fingerprint density at radius 1 is 1.41 bits per heavy atom. The zero-order chi connectivity index (χ0) is 19.8. The molecular weight excluding hydrogens is 354 g/mol. The third kappa shape index (κ3) is 3.50. The van der Waals surface area contributed by atoms with E-state index in [9.17, 15) is 13.6 Å². The zero-order valence-corrected chi connectivity index (χ0v) is 15.8. The Balaban J connectivity index is 1.93. The number of ether oxygens (including phenoxy) is 3. The lowest BCUT2D eigenvalue weighted by Crippen LogP contribution is -2.45. The number of halogens is 2. The molecule has 0 unspecified atom stereocenters. The molecule has 1 saturated heterocycles. The summed E-state index contributed by atoms with van der Waals surface area (Å²) in [5, 5.41) is 0. The van der Waals surface area contributed by atoms with Crippen molar-refractivity contribution >= 4 is 5.78 Å². The van der Waals surface area contributed by atoms with Crippen molar-refractivity contribution in [2.75, 3.05) is 7.11 Å². The van der Waals surface area contributed by atoms with E-state index in [2.05, 4.69) is 6.58 Å². The maximum atomic E-state index is 14.4. The fourth-order valence-corrected chi connectivity index (χ4v) is 4.01. The Labute approximate surface area is 157 Å². The predicted molar refractivity (Wildman–Crippen MR) is 96.2 cm³/mol. The highest BCUT2D eigenvalue weighted by Crippen LogP contribution is 2.48. The molecule has 1 heterocycles. The summed E-state index contributed by atoms with van der Waals surface area (Å²) >= 11 is 0. The SMILES string of the molecule is C=CC[C@H]1C[C@]2([C@@H](C)Cc3cc(F)c(OC)cc3F)O[C@H](C)OC2=CC1=O. The number of ketones is 1. The van der Waals surface area contributed by atoms with Crippen LogP contribution in [0.3, 0.4) is 0 Å². The van der Waals surface area contributed by atoms with Crippen LogP contribution in [-0.4, -0.2) is 24.8 Å². The van der Waals surface area contributed by atoms with Gasteiger partial charge in [-0.2, -0.15) is 0 Å². The van der Waals surface area contributed by atoms with Crippen LogP contribution in [0.4, 0.5) is 8.78 Å². The van der Waals surface area contributed by atoms with E-state index in [1.54, 1.807) is 13.0 Å². The molecule has 0 N–H and O–H groups in total. The minimum absolute atomic E-state index is 0.0212. The smallest absolute Gasteiger partial charge is 0.197 e. The molecule has 0 saturated carbocycles. The monoisotopic (exact) mass is 378 g/mol. The van der Waals surface area contributed by atoms with Gasteiger partial charge in [0, 0.05) is 18.1 Å². The number of allylic oxidation sites excluding steroid dienone is 2. The molecule has 6 heteroatoms. The van der Waals surface area contributed by atoms with Crippen LogP contribution >= 0.6 is 0 Å². The lowest BCUT2D eigenvalue weighted by molar-refractivity contribution is -0.127. The van der Waals surface area contributed by atoms with Gasteiger partial charge in [-0.15, -0.1) is 6.58 Å². The maximum Gasteiger partial charge on any atom is 0.197 e. The van der Waals surface area contributed by atoms with Crippen LogP contribution < -0.4 is 4.74 Å². The van der Waals surface area contributed by atoms with E-state index in [1.165, 1.54) is 13.2 Å². The standard InChI is InChI=1S/C21H24F2O4/c1-5-6-14-11-21(20(10-18(14)24)26-13(3)27-21)12(2)7-15-8-17(23)19(25-4)9-16(15)22/h5,8-10,12-14H,1,6-7,11H2,2-4H3/t12-,13+,14-,21+/m0/s1. The van der Waals surface area contributed by atoms with Gasteiger partial charge in [-0.25, -0.2) is 8.78 Å². The van der Waals surface area contributed by atoms with Gasteiger partial charge in [-0.3, -0.25) is 4.79 Å². The molecule has 1 aromatic rings. The van der Waals surface area contributed by atoms with Gasteiger partial charge >= 0.3 is 0 Å². The average molecular weight is 378 g/mol. The first-order valence-corrected chi connectivity index (χ1v) is 9.04. The first kappa shape index (κ1) is 19.5. The van der Waals surface area contributed by atoms with E-state index in [0.717, 1.165) is 12.1 Å². The minimum Gasteiger partial charge on any atom is -0.494 e. The van der Waals surface area contributed by atoms with E-state index in [1.807, 2.05) is 6.92 Å². The van der Waals surface area contributed by atoms with E-state index < -0.39 is 23.5 Å². The number of carbonyl (C=O) groups excluding carboxylic acids is 1. The quantitative estimate of drug-likeness (QED) is 0.691. The third-order valence-electron chi connectivity index (χ3n) is 5.41. The summed E-state index contributed by atoms with van der Waals surface area (Å²) in [6, 6.07) is 2.20. The summed E-state index contributed by atoms with van der Waals surface area (Å²) in [5.41, 5.74) is -0.612. The Hall–Kier alpha value is -2.21. The second kappa shape index (κ2) is 7.43. The molecule has 27 heavy (non-hydrogen) atoms. The topological polar surface area (TPSA) is 44.8 Å². The largest absolute Gasteiger partial charge is 0.494 e. The Kier molecular flexibility index (Phi) is 5.38. The molecule has 3 rings (SSSR count). The molecule has 1 aliphatic heterocycles. The van der Waals surface area contributed by atoms with Crippen LogP contribution in [0.1, 0.15) is 32.3 Å². The summed E-state index contributed by atoms with van der Waals surface area (Å²) in [4.78, 5) is 12.3. The van der Waals surface area contributed by atoms with E-state index in [4.69, 9.17) is 14.2 Å². The maximum absolute atomic E-state index is 14.4. The first-order chi connectivity index (χ1) is 12.8. The summed E-state index contributed by atoms with van der Waals surface area (Å²) in [7, 11) is 1.29. The van der Waals surface area contributed by atoms with Crippen LogP contribution in [0.5, 0.6) is 5.75 Å². The van der Waals surface area contributed by atoms with Crippen LogP contribution in [0.2, 0.25) is 0 Å². The third-order valence-corrected chi connectivity index (χ3v) is 5.41. The van der Waals surface area contributed by atoms with Gasteiger partial charge in [0.05, 0.1) is 7.11 Å². The summed E-state index contributed by atoms with van der Waals surface area (Å²) in [6.07, 6.45) is 3.87. The van der Waals surface area contributed by atoms with E-state index >= 15 is 0 Å². The highest BCUT2D eigenvalue weighted by molar-refractivity contribution is 5.93. The highest BCUT2D eigenvalue weighted by Gasteiger charge is 2.53. The predicted octanol–water partition coefficient (Wildman–Crippen LogP) is 4.33. The van der Waals surface area contributed by atoms with Crippen molar-refractivity contribution in [1.29, 1.82) is 0 Å². The van der Waals surface area contributed by atoms with Gasteiger partial charge < -0.3 is 14.2 Å². The molecular formula is C21H24F2O4. The van der Waals surface area contributed by atoms with Crippen LogP contribution in [0.25, 0.3) is 0 Å².